The van der Waals surface area contributed by atoms with Crippen LogP contribution in [-0.2, 0) is 9.47 Å². The summed E-state index contributed by atoms with van der Waals surface area (Å²) < 4.78 is 10.1. The van der Waals surface area contributed by atoms with Crippen LogP contribution in [0.2, 0.25) is 0 Å². The van der Waals surface area contributed by atoms with Gasteiger partial charge in [0.1, 0.15) is 12.2 Å². The molecule has 2 aliphatic rings. The molecule has 12 heavy (non-hydrogen) atoms. The number of ether oxygens (including phenoxy) is 2. The Morgan fingerprint density at radius 1 is 0.917 bits per heavy atom. The summed E-state index contributed by atoms with van der Waals surface area (Å²) in [5.41, 5.74) is 0. The summed E-state index contributed by atoms with van der Waals surface area (Å²) in [6.45, 7) is 0. The predicted octanol–water partition coefficient (Wildman–Crippen LogP) is 2.24. The van der Waals surface area contributed by atoms with Crippen molar-refractivity contribution in [1.29, 1.82) is 0 Å². The largest absolute Gasteiger partial charge is 0.508 e. The SMILES string of the molecule is O=C(OC1CCC1)OC1CCC1. The summed E-state index contributed by atoms with van der Waals surface area (Å²) >= 11 is 0. The summed E-state index contributed by atoms with van der Waals surface area (Å²) in [7, 11) is 0. The molecular formula is C9H14O3. The molecule has 0 saturated heterocycles. The Hall–Kier alpha value is -0.730. The fourth-order valence-electron chi connectivity index (χ4n) is 1.28. The average molecular weight is 170 g/mol. The van der Waals surface area contributed by atoms with E-state index in [1.165, 1.54) is 12.8 Å². The van der Waals surface area contributed by atoms with E-state index < -0.39 is 6.16 Å². The van der Waals surface area contributed by atoms with E-state index in [0.29, 0.717) is 0 Å². The Labute approximate surface area is 72.0 Å². The molecule has 0 aromatic heterocycles. The number of carbonyl (C=O) groups is 1. The number of rotatable bonds is 2. The minimum absolute atomic E-state index is 0.151. The van der Waals surface area contributed by atoms with Crippen LogP contribution in [0.3, 0.4) is 0 Å². The van der Waals surface area contributed by atoms with Gasteiger partial charge in [-0.15, -0.1) is 0 Å². The molecule has 0 amide bonds. The Morgan fingerprint density at radius 2 is 1.33 bits per heavy atom. The second-order valence-corrected chi connectivity index (χ2v) is 3.59. The fourth-order valence-corrected chi connectivity index (χ4v) is 1.28. The van der Waals surface area contributed by atoms with Crippen molar-refractivity contribution in [2.45, 2.75) is 50.7 Å². The van der Waals surface area contributed by atoms with E-state index >= 15 is 0 Å². The molecule has 2 fully saturated rings. The zero-order valence-electron chi connectivity index (χ0n) is 7.12. The monoisotopic (exact) mass is 170 g/mol. The van der Waals surface area contributed by atoms with Crippen molar-refractivity contribution in [3.63, 3.8) is 0 Å². The fraction of sp³-hybridized carbons (Fsp3) is 0.889. The van der Waals surface area contributed by atoms with Gasteiger partial charge in [0.2, 0.25) is 0 Å². The van der Waals surface area contributed by atoms with Crippen molar-refractivity contribution in [1.82, 2.24) is 0 Å². The Bertz CT molecular complexity index is 153. The molecule has 0 N–H and O–H groups in total. The summed E-state index contributed by atoms with van der Waals surface area (Å²) in [6, 6.07) is 0. The minimum Gasteiger partial charge on any atom is -0.431 e. The highest BCUT2D eigenvalue weighted by atomic mass is 16.7. The van der Waals surface area contributed by atoms with E-state index in [4.69, 9.17) is 9.47 Å². The molecule has 0 aromatic rings. The smallest absolute Gasteiger partial charge is 0.431 e. The zero-order chi connectivity index (χ0) is 8.39. The summed E-state index contributed by atoms with van der Waals surface area (Å²) in [6.07, 6.45) is 6.27. The van der Waals surface area contributed by atoms with Crippen molar-refractivity contribution in [2.75, 3.05) is 0 Å². The molecule has 0 bridgehead atoms. The molecule has 3 nitrogen and oxygen atoms in total. The highest BCUT2D eigenvalue weighted by molar-refractivity contribution is 5.60. The van der Waals surface area contributed by atoms with E-state index in [1.807, 2.05) is 0 Å². The van der Waals surface area contributed by atoms with Crippen molar-refractivity contribution >= 4 is 6.16 Å². The Kier molecular flexibility index (Phi) is 2.19. The van der Waals surface area contributed by atoms with Gasteiger partial charge in [-0.2, -0.15) is 0 Å². The van der Waals surface area contributed by atoms with Crippen LogP contribution >= 0.6 is 0 Å². The number of carbonyl (C=O) groups excluding carboxylic acids is 1. The molecule has 0 radical (unpaired) electrons. The zero-order valence-corrected chi connectivity index (χ0v) is 7.12. The minimum atomic E-state index is -0.454. The lowest BCUT2D eigenvalue weighted by atomic mass is 9.96. The van der Waals surface area contributed by atoms with E-state index in [0.717, 1.165) is 25.7 Å². The van der Waals surface area contributed by atoms with E-state index in [9.17, 15) is 4.79 Å². The topological polar surface area (TPSA) is 35.5 Å². The maximum absolute atomic E-state index is 11.0. The molecule has 2 rings (SSSR count). The van der Waals surface area contributed by atoms with Crippen molar-refractivity contribution in [3.8, 4) is 0 Å². The van der Waals surface area contributed by atoms with Crippen LogP contribution in [0, 0.1) is 0 Å². The first-order valence-electron chi connectivity index (χ1n) is 4.72. The first-order chi connectivity index (χ1) is 5.84. The standard InChI is InChI=1S/C9H14O3/c10-9(11-7-3-1-4-7)12-8-5-2-6-8/h7-8H,1-6H2. The van der Waals surface area contributed by atoms with Gasteiger partial charge in [0, 0.05) is 0 Å². The third-order valence-electron chi connectivity index (χ3n) is 2.63. The van der Waals surface area contributed by atoms with Gasteiger partial charge in [-0.1, -0.05) is 0 Å². The van der Waals surface area contributed by atoms with E-state index in [-0.39, 0.29) is 12.2 Å². The van der Waals surface area contributed by atoms with Crippen LogP contribution in [0.5, 0.6) is 0 Å². The van der Waals surface area contributed by atoms with Gasteiger partial charge in [0.05, 0.1) is 0 Å². The van der Waals surface area contributed by atoms with E-state index in [1.54, 1.807) is 0 Å². The van der Waals surface area contributed by atoms with Crippen molar-refractivity contribution in [2.24, 2.45) is 0 Å². The lowest BCUT2D eigenvalue weighted by molar-refractivity contribution is -0.0396. The highest BCUT2D eigenvalue weighted by Crippen LogP contribution is 2.25. The summed E-state index contributed by atoms with van der Waals surface area (Å²) in [4.78, 5) is 11.0. The first-order valence-corrected chi connectivity index (χ1v) is 4.72. The van der Waals surface area contributed by atoms with Crippen LogP contribution < -0.4 is 0 Å². The lowest BCUT2D eigenvalue weighted by Crippen LogP contribution is -2.30. The summed E-state index contributed by atoms with van der Waals surface area (Å²) in [5, 5.41) is 0. The van der Waals surface area contributed by atoms with Crippen molar-refractivity contribution < 1.29 is 14.3 Å². The molecule has 68 valence electrons. The van der Waals surface area contributed by atoms with Gasteiger partial charge in [0.15, 0.2) is 0 Å². The third-order valence-corrected chi connectivity index (χ3v) is 2.63. The van der Waals surface area contributed by atoms with Gasteiger partial charge in [-0.25, -0.2) is 4.79 Å². The summed E-state index contributed by atoms with van der Waals surface area (Å²) in [5.74, 6) is 0. The molecular weight excluding hydrogens is 156 g/mol. The van der Waals surface area contributed by atoms with Crippen LogP contribution in [0.4, 0.5) is 4.79 Å². The normalized spacial score (nSPS) is 24.0. The highest BCUT2D eigenvalue weighted by Gasteiger charge is 2.26. The molecule has 0 spiro atoms. The van der Waals surface area contributed by atoms with Gasteiger partial charge in [0.25, 0.3) is 0 Å². The predicted molar refractivity (Wildman–Crippen MR) is 42.8 cm³/mol. The van der Waals surface area contributed by atoms with Crippen molar-refractivity contribution in [3.05, 3.63) is 0 Å². The van der Waals surface area contributed by atoms with Gasteiger partial charge < -0.3 is 9.47 Å². The molecule has 2 aliphatic carbocycles. The quantitative estimate of drug-likeness (QED) is 0.596. The second-order valence-electron chi connectivity index (χ2n) is 3.59. The average Bonchev–Trinajstić information content (AvgIpc) is 1.89. The molecule has 0 aliphatic heterocycles. The molecule has 0 heterocycles. The van der Waals surface area contributed by atoms with Gasteiger partial charge in [-0.05, 0) is 38.5 Å². The second kappa shape index (κ2) is 3.33. The van der Waals surface area contributed by atoms with Crippen LogP contribution in [-0.4, -0.2) is 18.4 Å². The molecule has 0 unspecified atom stereocenters. The Morgan fingerprint density at radius 3 is 1.58 bits per heavy atom. The van der Waals surface area contributed by atoms with Gasteiger partial charge >= 0.3 is 6.16 Å². The third kappa shape index (κ3) is 1.71. The molecule has 2 saturated carbocycles. The molecule has 0 atom stereocenters. The first kappa shape index (κ1) is 7.90. The maximum Gasteiger partial charge on any atom is 0.508 e. The Balaban J connectivity index is 1.62. The molecule has 0 aromatic carbocycles. The van der Waals surface area contributed by atoms with Crippen LogP contribution in [0.15, 0.2) is 0 Å². The maximum atomic E-state index is 11.0. The number of hydrogen-bond donors (Lipinski definition) is 0. The van der Waals surface area contributed by atoms with Gasteiger partial charge in [-0.3, -0.25) is 0 Å². The van der Waals surface area contributed by atoms with E-state index in [2.05, 4.69) is 0 Å². The van der Waals surface area contributed by atoms with Crippen LogP contribution in [0.25, 0.3) is 0 Å². The molecule has 3 heteroatoms. The van der Waals surface area contributed by atoms with Crippen LogP contribution in [0.1, 0.15) is 38.5 Å². The number of hydrogen-bond acceptors (Lipinski definition) is 3. The lowest BCUT2D eigenvalue weighted by Gasteiger charge is -2.28.